The molecule has 1 aromatic carbocycles. The molecule has 5 nitrogen and oxygen atoms in total. The summed E-state index contributed by atoms with van der Waals surface area (Å²) in [4.78, 5) is 12.1. The molecule has 1 atom stereocenters. The van der Waals surface area contributed by atoms with Gasteiger partial charge in [0.25, 0.3) is 5.91 Å². The smallest absolute Gasteiger partial charge is 0.429 e. The molecule has 0 bridgehead atoms. The van der Waals surface area contributed by atoms with Gasteiger partial charge in [-0.3, -0.25) is 10.2 Å². The zero-order valence-electron chi connectivity index (χ0n) is 13.1. The SMILES string of the molecule is CCC(NNC(=O)c1ccc(CO[B]O)cc1)C(C)(C)C. The van der Waals surface area contributed by atoms with Gasteiger partial charge in [0.15, 0.2) is 0 Å². The fraction of sp³-hybridized carbons (Fsp3) is 0.533. The first kappa shape index (κ1) is 17.7. The highest BCUT2D eigenvalue weighted by molar-refractivity contribution is 6.15. The van der Waals surface area contributed by atoms with Crippen LogP contribution in [-0.2, 0) is 11.3 Å². The summed E-state index contributed by atoms with van der Waals surface area (Å²) in [5.41, 5.74) is 7.37. The normalized spacial score (nSPS) is 12.8. The fourth-order valence-electron chi connectivity index (χ4n) is 2.04. The van der Waals surface area contributed by atoms with Crippen LogP contribution in [0.3, 0.4) is 0 Å². The van der Waals surface area contributed by atoms with Gasteiger partial charge in [0.2, 0.25) is 0 Å². The Kier molecular flexibility index (Phi) is 6.88. The maximum Gasteiger partial charge on any atom is 0.485 e. The summed E-state index contributed by atoms with van der Waals surface area (Å²) < 4.78 is 4.77. The van der Waals surface area contributed by atoms with E-state index in [2.05, 4.69) is 38.5 Å². The zero-order chi connectivity index (χ0) is 15.9. The van der Waals surface area contributed by atoms with Gasteiger partial charge in [-0.25, -0.2) is 5.43 Å². The summed E-state index contributed by atoms with van der Waals surface area (Å²) in [5.74, 6) is -0.168. The van der Waals surface area contributed by atoms with E-state index in [0.29, 0.717) is 13.2 Å². The molecular weight excluding hydrogens is 267 g/mol. The van der Waals surface area contributed by atoms with E-state index in [0.717, 1.165) is 12.0 Å². The Labute approximate surface area is 127 Å². The molecule has 0 aliphatic carbocycles. The molecule has 0 saturated heterocycles. The Morgan fingerprint density at radius 2 is 1.95 bits per heavy atom. The molecule has 21 heavy (non-hydrogen) atoms. The van der Waals surface area contributed by atoms with E-state index in [1.807, 2.05) is 0 Å². The molecule has 0 spiro atoms. The van der Waals surface area contributed by atoms with Gasteiger partial charge >= 0.3 is 7.69 Å². The maximum absolute atomic E-state index is 12.1. The van der Waals surface area contributed by atoms with Crippen LogP contribution in [0, 0.1) is 5.41 Å². The Morgan fingerprint density at radius 1 is 1.33 bits per heavy atom. The third-order valence-corrected chi connectivity index (χ3v) is 3.35. The number of rotatable bonds is 7. The topological polar surface area (TPSA) is 70.6 Å². The summed E-state index contributed by atoms with van der Waals surface area (Å²) in [5, 5.41) is 8.46. The summed E-state index contributed by atoms with van der Waals surface area (Å²) in [7, 11) is 0.655. The fourth-order valence-corrected chi connectivity index (χ4v) is 2.04. The van der Waals surface area contributed by atoms with Gasteiger partial charge in [-0.1, -0.05) is 39.8 Å². The molecule has 1 unspecified atom stereocenters. The monoisotopic (exact) mass is 291 g/mol. The van der Waals surface area contributed by atoms with Gasteiger partial charge in [0.1, 0.15) is 0 Å². The van der Waals surface area contributed by atoms with Crippen molar-refractivity contribution in [3.8, 4) is 0 Å². The molecule has 0 aliphatic rings. The number of hydrazine groups is 1. The van der Waals surface area contributed by atoms with Crippen molar-refractivity contribution in [2.24, 2.45) is 5.41 Å². The van der Waals surface area contributed by atoms with Crippen LogP contribution in [-0.4, -0.2) is 24.7 Å². The summed E-state index contributed by atoms with van der Waals surface area (Å²) >= 11 is 0. The largest absolute Gasteiger partial charge is 0.485 e. The summed E-state index contributed by atoms with van der Waals surface area (Å²) in [6.07, 6.45) is 0.928. The lowest BCUT2D eigenvalue weighted by molar-refractivity contribution is 0.0906. The second-order valence-corrected chi connectivity index (χ2v) is 6.04. The van der Waals surface area contributed by atoms with Gasteiger partial charge in [-0.05, 0) is 29.5 Å². The summed E-state index contributed by atoms with van der Waals surface area (Å²) in [6, 6.07) is 7.24. The lowest BCUT2D eigenvalue weighted by Crippen LogP contribution is -2.49. The molecule has 0 saturated carbocycles. The summed E-state index contributed by atoms with van der Waals surface area (Å²) in [6.45, 7) is 8.76. The van der Waals surface area contributed by atoms with Crippen LogP contribution >= 0.6 is 0 Å². The van der Waals surface area contributed by atoms with E-state index in [1.165, 1.54) is 0 Å². The van der Waals surface area contributed by atoms with Crippen LogP contribution in [0.5, 0.6) is 0 Å². The van der Waals surface area contributed by atoms with Crippen LogP contribution in [0.25, 0.3) is 0 Å². The van der Waals surface area contributed by atoms with Gasteiger partial charge < -0.3 is 9.68 Å². The van der Waals surface area contributed by atoms with E-state index < -0.39 is 0 Å². The zero-order valence-corrected chi connectivity index (χ0v) is 13.1. The highest BCUT2D eigenvalue weighted by Crippen LogP contribution is 2.20. The predicted molar refractivity (Wildman–Crippen MR) is 83.3 cm³/mol. The van der Waals surface area contributed by atoms with E-state index in [-0.39, 0.29) is 24.0 Å². The first-order chi connectivity index (χ1) is 9.88. The molecule has 0 heterocycles. The third kappa shape index (κ3) is 5.87. The molecule has 3 N–H and O–H groups in total. The number of benzene rings is 1. The Morgan fingerprint density at radius 3 is 2.43 bits per heavy atom. The van der Waals surface area contributed by atoms with Crippen molar-refractivity contribution >= 4 is 13.6 Å². The molecule has 1 radical (unpaired) electrons. The average molecular weight is 291 g/mol. The molecule has 0 aliphatic heterocycles. The van der Waals surface area contributed by atoms with Crippen molar-refractivity contribution < 1.29 is 14.5 Å². The molecular formula is C15H24BN2O3. The van der Waals surface area contributed by atoms with Crippen LogP contribution in [0.1, 0.15) is 50.0 Å². The van der Waals surface area contributed by atoms with Crippen LogP contribution in [0.15, 0.2) is 24.3 Å². The van der Waals surface area contributed by atoms with Crippen LogP contribution in [0.4, 0.5) is 0 Å². The van der Waals surface area contributed by atoms with Gasteiger partial charge in [-0.2, -0.15) is 0 Å². The number of nitrogens with one attached hydrogen (secondary N) is 2. The third-order valence-electron chi connectivity index (χ3n) is 3.35. The molecule has 6 heteroatoms. The van der Waals surface area contributed by atoms with Crippen molar-refractivity contribution in [2.75, 3.05) is 0 Å². The quantitative estimate of drug-likeness (QED) is 0.529. The Hall–Kier alpha value is -1.37. The number of carbonyl (C=O) groups excluding carboxylic acids is 1. The molecule has 0 fully saturated rings. The first-order valence-corrected chi connectivity index (χ1v) is 7.10. The van der Waals surface area contributed by atoms with Crippen molar-refractivity contribution in [3.05, 3.63) is 35.4 Å². The Bertz CT molecular complexity index is 443. The number of amides is 1. The highest BCUT2D eigenvalue weighted by atomic mass is 16.5. The van der Waals surface area contributed by atoms with Crippen LogP contribution in [0.2, 0.25) is 0 Å². The number of carbonyl (C=O) groups is 1. The van der Waals surface area contributed by atoms with Gasteiger partial charge in [-0.15, -0.1) is 0 Å². The van der Waals surface area contributed by atoms with E-state index in [9.17, 15) is 4.79 Å². The molecule has 1 amide bonds. The number of hydrogen-bond acceptors (Lipinski definition) is 4. The minimum atomic E-state index is -0.168. The maximum atomic E-state index is 12.1. The van der Waals surface area contributed by atoms with Crippen molar-refractivity contribution in [2.45, 2.75) is 46.8 Å². The van der Waals surface area contributed by atoms with Crippen molar-refractivity contribution in [1.29, 1.82) is 0 Å². The second-order valence-electron chi connectivity index (χ2n) is 6.04. The molecule has 1 rings (SSSR count). The first-order valence-electron chi connectivity index (χ1n) is 7.10. The van der Waals surface area contributed by atoms with E-state index in [1.54, 1.807) is 24.3 Å². The van der Waals surface area contributed by atoms with Gasteiger partial charge in [0.05, 0.1) is 6.61 Å². The minimum Gasteiger partial charge on any atom is -0.429 e. The molecule has 115 valence electrons. The molecule has 0 aromatic heterocycles. The minimum absolute atomic E-state index is 0.0734. The molecule has 1 aromatic rings. The van der Waals surface area contributed by atoms with E-state index in [4.69, 9.17) is 9.68 Å². The predicted octanol–water partition coefficient (Wildman–Crippen LogP) is 1.79. The average Bonchev–Trinajstić information content (AvgIpc) is 2.44. The highest BCUT2D eigenvalue weighted by Gasteiger charge is 2.23. The lowest BCUT2D eigenvalue weighted by Gasteiger charge is -2.30. The number of hydrogen-bond donors (Lipinski definition) is 3. The Balaban J connectivity index is 2.55. The van der Waals surface area contributed by atoms with Crippen LogP contribution < -0.4 is 10.9 Å². The van der Waals surface area contributed by atoms with Crippen molar-refractivity contribution in [1.82, 2.24) is 10.9 Å². The van der Waals surface area contributed by atoms with Gasteiger partial charge in [0, 0.05) is 11.6 Å². The lowest BCUT2D eigenvalue weighted by atomic mass is 9.86. The second kappa shape index (κ2) is 8.17. The van der Waals surface area contributed by atoms with E-state index >= 15 is 0 Å². The standard InChI is InChI=1S/C15H24BN2O3/c1-5-13(15(2,3)4)17-18-14(19)12-8-6-11(7-9-12)10-21-16-20/h6-9,13,17,20H,5,10H2,1-4H3,(H,18,19). The van der Waals surface area contributed by atoms with Crippen molar-refractivity contribution in [3.63, 3.8) is 0 Å².